The van der Waals surface area contributed by atoms with Crippen LogP contribution in [0.4, 0.5) is 5.69 Å². The van der Waals surface area contributed by atoms with Crippen LogP contribution in [0.5, 0.6) is 0 Å². The predicted molar refractivity (Wildman–Crippen MR) is 75.2 cm³/mol. The summed E-state index contributed by atoms with van der Waals surface area (Å²) in [4.78, 5) is 14.1. The minimum Gasteiger partial charge on any atom is -0.337 e. The summed E-state index contributed by atoms with van der Waals surface area (Å²) in [7, 11) is 0. The summed E-state index contributed by atoms with van der Waals surface area (Å²) >= 11 is 0. The van der Waals surface area contributed by atoms with E-state index in [1.54, 1.807) is 29.2 Å². The van der Waals surface area contributed by atoms with Gasteiger partial charge in [0.05, 0.1) is 12.5 Å². The molecule has 0 spiro atoms. The molecule has 0 heterocycles. The molecule has 0 fully saturated rings. The van der Waals surface area contributed by atoms with Gasteiger partial charge >= 0.3 is 0 Å². The molecule has 0 radical (unpaired) electrons. The molecule has 3 N–H and O–H groups in total. The number of rotatable bonds is 6. The zero-order valence-electron chi connectivity index (χ0n) is 11.4. The summed E-state index contributed by atoms with van der Waals surface area (Å²) in [6, 6.07) is 9.05. The van der Waals surface area contributed by atoms with Crippen molar-refractivity contribution in [2.45, 2.75) is 20.3 Å². The molecular weight excluding hydrogens is 240 g/mol. The topological polar surface area (TPSA) is 82.2 Å². The van der Waals surface area contributed by atoms with E-state index >= 15 is 0 Å². The molecule has 0 atom stereocenters. The Bertz CT molecular complexity index is 448. The highest BCUT2D eigenvalue weighted by Crippen LogP contribution is 2.12. The van der Waals surface area contributed by atoms with E-state index in [4.69, 9.17) is 11.1 Å². The number of anilines is 1. The number of amides is 1. The summed E-state index contributed by atoms with van der Waals surface area (Å²) in [5.41, 5.74) is 3.88. The molecule has 102 valence electrons. The Labute approximate surface area is 114 Å². The Morgan fingerprint density at radius 3 is 2.53 bits per heavy atom. The number of carbonyl (C=O) groups excluding carboxylic acids is 1. The number of hydrogen-bond acceptors (Lipinski definition) is 4. The number of nitrogens with zero attached hydrogens (tertiary/aromatic N) is 2. The van der Waals surface area contributed by atoms with E-state index in [9.17, 15) is 4.79 Å². The van der Waals surface area contributed by atoms with Gasteiger partial charge in [-0.2, -0.15) is 5.26 Å². The predicted octanol–water partition coefficient (Wildman–Crippen LogP) is 1.98. The maximum atomic E-state index is 12.4. The molecule has 1 aromatic carbocycles. The van der Waals surface area contributed by atoms with E-state index in [0.717, 1.165) is 5.69 Å². The SMILES string of the molecule is CC(C)CN(CCC#N)C(=O)c1ccc(NN)cc1. The third-order valence-corrected chi connectivity index (χ3v) is 2.66. The van der Waals surface area contributed by atoms with Crippen LogP contribution in [0.3, 0.4) is 0 Å². The Hall–Kier alpha value is -2.06. The molecule has 0 bridgehead atoms. The van der Waals surface area contributed by atoms with Gasteiger partial charge in [0.15, 0.2) is 0 Å². The maximum absolute atomic E-state index is 12.4. The average molecular weight is 260 g/mol. The second-order valence-corrected chi connectivity index (χ2v) is 4.77. The zero-order chi connectivity index (χ0) is 14.3. The fourth-order valence-corrected chi connectivity index (χ4v) is 1.79. The first-order valence-electron chi connectivity index (χ1n) is 6.31. The maximum Gasteiger partial charge on any atom is 0.253 e. The Morgan fingerprint density at radius 1 is 1.42 bits per heavy atom. The number of carbonyl (C=O) groups is 1. The van der Waals surface area contributed by atoms with E-state index in [0.29, 0.717) is 31.0 Å². The average Bonchev–Trinajstić information content (AvgIpc) is 2.42. The molecule has 1 rings (SSSR count). The lowest BCUT2D eigenvalue weighted by molar-refractivity contribution is 0.0740. The smallest absolute Gasteiger partial charge is 0.253 e. The molecule has 0 saturated carbocycles. The molecule has 0 aromatic heterocycles. The number of hydrazine groups is 1. The van der Waals surface area contributed by atoms with Crippen molar-refractivity contribution < 1.29 is 4.79 Å². The van der Waals surface area contributed by atoms with Crippen LogP contribution in [0.15, 0.2) is 24.3 Å². The normalized spacial score (nSPS) is 10.1. The minimum absolute atomic E-state index is 0.0486. The van der Waals surface area contributed by atoms with Crippen LogP contribution in [-0.4, -0.2) is 23.9 Å². The van der Waals surface area contributed by atoms with E-state index in [1.807, 2.05) is 13.8 Å². The summed E-state index contributed by atoms with van der Waals surface area (Å²) < 4.78 is 0. The second-order valence-electron chi connectivity index (χ2n) is 4.77. The highest BCUT2D eigenvalue weighted by Gasteiger charge is 2.16. The third-order valence-electron chi connectivity index (χ3n) is 2.66. The van der Waals surface area contributed by atoms with Gasteiger partial charge in [0.1, 0.15) is 0 Å². The number of hydrogen-bond donors (Lipinski definition) is 2. The second kappa shape index (κ2) is 7.39. The standard InChI is InChI=1S/C14H20N4O/c1-11(2)10-18(9-3-8-15)14(19)12-4-6-13(17-16)7-5-12/h4-7,11,17H,3,9-10,16H2,1-2H3. The van der Waals surface area contributed by atoms with Crippen molar-refractivity contribution in [3.05, 3.63) is 29.8 Å². The first-order chi connectivity index (χ1) is 9.08. The Morgan fingerprint density at radius 2 is 2.05 bits per heavy atom. The Balaban J connectivity index is 2.81. The number of nitrogens with two attached hydrogens (primary N) is 1. The van der Waals surface area contributed by atoms with E-state index in [2.05, 4.69) is 11.5 Å². The van der Waals surface area contributed by atoms with Crippen LogP contribution in [0.25, 0.3) is 0 Å². The largest absolute Gasteiger partial charge is 0.337 e. The molecule has 1 aromatic rings. The van der Waals surface area contributed by atoms with E-state index in [1.165, 1.54) is 0 Å². The highest BCUT2D eigenvalue weighted by molar-refractivity contribution is 5.94. The summed E-state index contributed by atoms with van der Waals surface area (Å²) in [5.74, 6) is 5.61. The van der Waals surface area contributed by atoms with Crippen LogP contribution >= 0.6 is 0 Å². The molecular formula is C14H20N4O. The van der Waals surface area contributed by atoms with Gasteiger partial charge in [0, 0.05) is 24.3 Å². The third kappa shape index (κ3) is 4.60. The van der Waals surface area contributed by atoms with Gasteiger partial charge in [-0.3, -0.25) is 10.6 Å². The molecule has 0 aliphatic heterocycles. The first-order valence-corrected chi connectivity index (χ1v) is 6.31. The number of benzene rings is 1. The van der Waals surface area contributed by atoms with Gasteiger partial charge in [-0.05, 0) is 30.2 Å². The van der Waals surface area contributed by atoms with Crippen molar-refractivity contribution in [2.24, 2.45) is 11.8 Å². The van der Waals surface area contributed by atoms with Gasteiger partial charge < -0.3 is 10.3 Å². The van der Waals surface area contributed by atoms with Gasteiger partial charge in [-0.25, -0.2) is 0 Å². The Kier molecular flexibility index (Phi) is 5.83. The number of nitrogens with one attached hydrogen (secondary N) is 1. The first kappa shape index (κ1) is 15.0. The lowest BCUT2D eigenvalue weighted by Gasteiger charge is -2.23. The van der Waals surface area contributed by atoms with Gasteiger partial charge in [-0.15, -0.1) is 0 Å². The molecule has 1 amide bonds. The van der Waals surface area contributed by atoms with Gasteiger partial charge in [0.2, 0.25) is 0 Å². The van der Waals surface area contributed by atoms with Crippen molar-refractivity contribution in [1.29, 1.82) is 5.26 Å². The van der Waals surface area contributed by atoms with Crippen LogP contribution in [0.1, 0.15) is 30.6 Å². The summed E-state index contributed by atoms with van der Waals surface area (Å²) in [5, 5.41) is 8.66. The number of nitrogen functional groups attached to an aromatic ring is 1. The lowest BCUT2D eigenvalue weighted by atomic mass is 10.1. The lowest BCUT2D eigenvalue weighted by Crippen LogP contribution is -2.35. The van der Waals surface area contributed by atoms with Gasteiger partial charge in [0.25, 0.3) is 5.91 Å². The van der Waals surface area contributed by atoms with E-state index < -0.39 is 0 Å². The molecule has 5 heteroatoms. The number of nitriles is 1. The van der Waals surface area contributed by atoms with Crippen LogP contribution in [0, 0.1) is 17.2 Å². The molecule has 0 saturated heterocycles. The summed E-state index contributed by atoms with van der Waals surface area (Å²) in [6.07, 6.45) is 0.348. The van der Waals surface area contributed by atoms with E-state index in [-0.39, 0.29) is 5.91 Å². The molecule has 0 aliphatic carbocycles. The fourth-order valence-electron chi connectivity index (χ4n) is 1.79. The van der Waals surface area contributed by atoms with Crippen molar-refractivity contribution in [3.8, 4) is 6.07 Å². The van der Waals surface area contributed by atoms with Gasteiger partial charge in [-0.1, -0.05) is 13.8 Å². The summed E-state index contributed by atoms with van der Waals surface area (Å²) in [6.45, 7) is 5.21. The molecule has 0 unspecified atom stereocenters. The minimum atomic E-state index is -0.0486. The molecule has 19 heavy (non-hydrogen) atoms. The fraction of sp³-hybridized carbons (Fsp3) is 0.429. The highest BCUT2D eigenvalue weighted by atomic mass is 16.2. The molecule has 5 nitrogen and oxygen atoms in total. The quantitative estimate of drug-likeness (QED) is 0.605. The van der Waals surface area contributed by atoms with Crippen molar-refractivity contribution in [1.82, 2.24) is 4.90 Å². The molecule has 0 aliphatic rings. The van der Waals surface area contributed by atoms with Crippen molar-refractivity contribution in [2.75, 3.05) is 18.5 Å². The monoisotopic (exact) mass is 260 g/mol. The van der Waals surface area contributed by atoms with Crippen molar-refractivity contribution in [3.63, 3.8) is 0 Å². The van der Waals surface area contributed by atoms with Crippen LogP contribution in [-0.2, 0) is 0 Å². The zero-order valence-corrected chi connectivity index (χ0v) is 11.4. The van der Waals surface area contributed by atoms with Crippen molar-refractivity contribution >= 4 is 11.6 Å². The van der Waals surface area contributed by atoms with Crippen LogP contribution < -0.4 is 11.3 Å². The van der Waals surface area contributed by atoms with Crippen LogP contribution in [0.2, 0.25) is 0 Å².